The van der Waals surface area contributed by atoms with Crippen molar-refractivity contribution in [1.29, 1.82) is 0 Å². The van der Waals surface area contributed by atoms with Gasteiger partial charge in [-0.05, 0) is 88.0 Å². The van der Waals surface area contributed by atoms with Crippen LogP contribution in [0, 0.1) is 29.6 Å². The van der Waals surface area contributed by atoms with Gasteiger partial charge in [0.25, 0.3) is 0 Å². The molecule has 2 N–H and O–H groups in total. The molecule has 1 atom stereocenters. The number of carbonyl (C=O) groups excluding carboxylic acids is 3. The maximum absolute atomic E-state index is 12.8. The van der Waals surface area contributed by atoms with Gasteiger partial charge in [0.15, 0.2) is 0 Å². The van der Waals surface area contributed by atoms with Crippen LogP contribution in [0.25, 0.3) is 0 Å². The van der Waals surface area contributed by atoms with E-state index in [9.17, 15) is 14.4 Å². The average Bonchev–Trinajstić information content (AvgIpc) is 2.75. The molecule has 4 aliphatic rings. The number of amides is 2. The van der Waals surface area contributed by atoms with Crippen LogP contribution in [-0.2, 0) is 25.7 Å². The first-order valence-corrected chi connectivity index (χ1v) is 12.6. The van der Waals surface area contributed by atoms with Crippen LogP contribution in [0.3, 0.4) is 0 Å². The van der Waals surface area contributed by atoms with Gasteiger partial charge >= 0.3 is 12.1 Å². The van der Waals surface area contributed by atoms with E-state index in [-0.39, 0.29) is 18.9 Å². The van der Waals surface area contributed by atoms with Gasteiger partial charge in [0.1, 0.15) is 18.2 Å². The Kier molecular flexibility index (Phi) is 7.48. The summed E-state index contributed by atoms with van der Waals surface area (Å²) < 4.78 is 10.7. The highest BCUT2D eigenvalue weighted by Crippen LogP contribution is 2.56. The molecule has 0 radical (unpaired) electrons. The van der Waals surface area contributed by atoms with Gasteiger partial charge in [0.05, 0.1) is 6.42 Å². The van der Waals surface area contributed by atoms with Crippen molar-refractivity contribution in [3.63, 3.8) is 0 Å². The van der Waals surface area contributed by atoms with E-state index in [1.54, 1.807) is 20.8 Å². The van der Waals surface area contributed by atoms with Gasteiger partial charge in [-0.25, -0.2) is 9.59 Å². The van der Waals surface area contributed by atoms with Crippen molar-refractivity contribution >= 4 is 18.0 Å². The molecule has 7 nitrogen and oxygen atoms in total. The molecule has 186 valence electrons. The third-order valence-corrected chi connectivity index (χ3v) is 7.55. The Bertz CT molecular complexity index is 851. The molecule has 0 unspecified atom stereocenters. The normalized spacial score (nSPS) is 28.1. The van der Waals surface area contributed by atoms with E-state index in [1.165, 1.54) is 32.1 Å². The van der Waals surface area contributed by atoms with Crippen LogP contribution in [0.1, 0.15) is 64.9 Å². The van der Waals surface area contributed by atoms with Gasteiger partial charge < -0.3 is 20.1 Å². The smallest absolute Gasteiger partial charge is 0.408 e. The molecule has 2 amide bonds. The summed E-state index contributed by atoms with van der Waals surface area (Å²) in [5.41, 5.74) is 0.114. The molecule has 0 aromatic heterocycles. The van der Waals surface area contributed by atoms with Crippen molar-refractivity contribution in [2.24, 2.45) is 29.6 Å². The molecule has 1 aromatic carbocycles. The highest BCUT2D eigenvalue weighted by molar-refractivity contribution is 5.88. The predicted octanol–water partition coefficient (Wildman–Crippen LogP) is 4.20. The Morgan fingerprint density at radius 3 is 2.18 bits per heavy atom. The molecule has 7 heteroatoms. The highest BCUT2D eigenvalue weighted by Gasteiger charge is 2.48. The number of nitrogens with one attached hydrogen (secondary N) is 2. The van der Waals surface area contributed by atoms with Gasteiger partial charge in [-0.15, -0.1) is 0 Å². The second-order valence-electron chi connectivity index (χ2n) is 11.4. The molecular weight excluding hydrogens is 432 g/mol. The molecule has 0 heterocycles. The summed E-state index contributed by atoms with van der Waals surface area (Å²) in [6.45, 7) is 5.94. The Morgan fingerprint density at radius 1 is 0.971 bits per heavy atom. The number of hydrogen-bond donors (Lipinski definition) is 2. The Hall–Kier alpha value is -2.57. The number of esters is 1. The van der Waals surface area contributed by atoms with Crippen LogP contribution in [0.5, 0.6) is 0 Å². The molecule has 4 bridgehead atoms. The maximum atomic E-state index is 12.8. The van der Waals surface area contributed by atoms with Gasteiger partial charge in [-0.3, -0.25) is 4.79 Å². The summed E-state index contributed by atoms with van der Waals surface area (Å²) in [5.74, 6) is 2.81. The molecule has 1 aromatic rings. The fraction of sp³-hybridized carbons (Fsp3) is 0.667. The van der Waals surface area contributed by atoms with E-state index in [0.29, 0.717) is 24.3 Å². The van der Waals surface area contributed by atoms with Crippen LogP contribution < -0.4 is 10.6 Å². The monoisotopic (exact) mass is 470 g/mol. The second-order valence-corrected chi connectivity index (χ2v) is 11.4. The highest BCUT2D eigenvalue weighted by atomic mass is 16.6. The topological polar surface area (TPSA) is 93.7 Å². The predicted molar refractivity (Wildman–Crippen MR) is 128 cm³/mol. The number of rotatable bonds is 8. The quantitative estimate of drug-likeness (QED) is 0.556. The Balaban J connectivity index is 1.32. The summed E-state index contributed by atoms with van der Waals surface area (Å²) in [7, 11) is 0. The first-order chi connectivity index (χ1) is 16.2. The van der Waals surface area contributed by atoms with E-state index in [2.05, 4.69) is 10.6 Å². The number of carbonyl (C=O) groups is 3. The largest absolute Gasteiger partial charge is 0.459 e. The molecule has 0 spiro atoms. The summed E-state index contributed by atoms with van der Waals surface area (Å²) >= 11 is 0. The van der Waals surface area contributed by atoms with Crippen LogP contribution in [0.2, 0.25) is 0 Å². The average molecular weight is 471 g/mol. The summed E-state index contributed by atoms with van der Waals surface area (Å²) in [6, 6.07) is 8.18. The number of alkyl carbamates (subject to hydrolysis) is 1. The molecule has 4 saturated carbocycles. The SMILES string of the molecule is CC(C)(C)OC(=O)N[C@@H](CC(=O)NCC1C2CC3CC(C2)CC1C3)C(=O)OCc1ccccc1. The number of ether oxygens (including phenoxy) is 2. The number of benzene rings is 1. The zero-order chi connectivity index (χ0) is 24.3. The van der Waals surface area contributed by atoms with Crippen molar-refractivity contribution in [1.82, 2.24) is 10.6 Å². The first kappa shape index (κ1) is 24.6. The summed E-state index contributed by atoms with van der Waals surface area (Å²) in [4.78, 5) is 37.9. The lowest BCUT2D eigenvalue weighted by atomic mass is 9.52. The fourth-order valence-electron chi connectivity index (χ4n) is 6.33. The minimum absolute atomic E-state index is 0.0710. The van der Waals surface area contributed by atoms with E-state index in [1.807, 2.05) is 30.3 Å². The zero-order valence-corrected chi connectivity index (χ0v) is 20.5. The molecule has 4 aliphatic carbocycles. The molecule has 0 aliphatic heterocycles. The first-order valence-electron chi connectivity index (χ1n) is 12.6. The molecule has 0 saturated heterocycles. The molecule has 34 heavy (non-hydrogen) atoms. The Morgan fingerprint density at radius 2 is 1.59 bits per heavy atom. The standard InChI is InChI=1S/C27H38N2O5/c1-27(2,3)34-26(32)29-23(25(31)33-16-17-7-5-4-6-8-17)14-24(30)28-15-22-20-10-18-9-19(12-20)13-21(22)11-18/h4-8,18-23H,9-16H2,1-3H3,(H,28,30)(H,29,32)/t18?,19?,20?,21?,22?,23-/m0/s1. The second kappa shape index (κ2) is 10.4. The minimum atomic E-state index is -1.11. The van der Waals surface area contributed by atoms with Crippen molar-refractivity contribution in [3.8, 4) is 0 Å². The lowest BCUT2D eigenvalue weighted by Gasteiger charge is -2.54. The van der Waals surface area contributed by atoms with E-state index < -0.39 is 23.7 Å². The summed E-state index contributed by atoms with van der Waals surface area (Å²) in [6.07, 6.45) is 5.65. The molecule has 4 fully saturated rings. The van der Waals surface area contributed by atoms with E-state index in [0.717, 1.165) is 17.4 Å². The van der Waals surface area contributed by atoms with Gasteiger partial charge in [-0.2, -0.15) is 0 Å². The van der Waals surface area contributed by atoms with Crippen LogP contribution >= 0.6 is 0 Å². The third kappa shape index (κ3) is 6.51. The molecular formula is C27H38N2O5. The van der Waals surface area contributed by atoms with Crippen LogP contribution in [0.15, 0.2) is 30.3 Å². The lowest BCUT2D eigenvalue weighted by Crippen LogP contribution is -2.50. The van der Waals surface area contributed by atoms with Crippen LogP contribution in [0.4, 0.5) is 4.79 Å². The van der Waals surface area contributed by atoms with E-state index in [4.69, 9.17) is 9.47 Å². The van der Waals surface area contributed by atoms with Crippen molar-refractivity contribution in [3.05, 3.63) is 35.9 Å². The Labute approximate surface area is 202 Å². The molecule has 5 rings (SSSR count). The van der Waals surface area contributed by atoms with Gasteiger partial charge in [-0.1, -0.05) is 30.3 Å². The van der Waals surface area contributed by atoms with Gasteiger partial charge in [0.2, 0.25) is 5.91 Å². The minimum Gasteiger partial charge on any atom is -0.459 e. The van der Waals surface area contributed by atoms with Crippen molar-refractivity contribution in [2.45, 2.75) is 77.5 Å². The maximum Gasteiger partial charge on any atom is 0.408 e. The third-order valence-electron chi connectivity index (χ3n) is 7.55. The fourth-order valence-corrected chi connectivity index (χ4v) is 6.33. The van der Waals surface area contributed by atoms with Crippen molar-refractivity contribution in [2.75, 3.05) is 6.54 Å². The zero-order valence-electron chi connectivity index (χ0n) is 20.5. The summed E-state index contributed by atoms with van der Waals surface area (Å²) in [5, 5.41) is 5.59. The van der Waals surface area contributed by atoms with Gasteiger partial charge in [0, 0.05) is 6.54 Å². The number of hydrogen-bond acceptors (Lipinski definition) is 5. The van der Waals surface area contributed by atoms with E-state index >= 15 is 0 Å². The van der Waals surface area contributed by atoms with Crippen LogP contribution in [-0.4, -0.2) is 36.2 Å². The lowest BCUT2D eigenvalue weighted by molar-refractivity contribution is -0.149. The van der Waals surface area contributed by atoms with Crippen molar-refractivity contribution < 1.29 is 23.9 Å².